The van der Waals surface area contributed by atoms with Crippen molar-refractivity contribution in [3.05, 3.63) is 63.7 Å². The van der Waals surface area contributed by atoms with Gasteiger partial charge in [-0.05, 0) is 48.9 Å². The molecular formula is C20H17N3O4S. The van der Waals surface area contributed by atoms with Crippen LogP contribution in [0.25, 0.3) is 21.3 Å². The molecule has 2 aromatic heterocycles. The number of thiazole rings is 1. The van der Waals surface area contributed by atoms with Crippen molar-refractivity contribution in [1.82, 2.24) is 9.38 Å². The van der Waals surface area contributed by atoms with Crippen LogP contribution in [0.5, 0.6) is 5.75 Å². The summed E-state index contributed by atoms with van der Waals surface area (Å²) >= 11 is 1.37. The lowest BCUT2D eigenvalue weighted by Crippen LogP contribution is -2.16. The third kappa shape index (κ3) is 2.97. The van der Waals surface area contributed by atoms with Crippen LogP contribution in [-0.2, 0) is 9.53 Å². The molecule has 2 N–H and O–H groups in total. The molecule has 0 saturated heterocycles. The summed E-state index contributed by atoms with van der Waals surface area (Å²) in [4.78, 5) is 29.0. The number of fused-ring (bicyclic) bond motifs is 3. The summed E-state index contributed by atoms with van der Waals surface area (Å²) in [7, 11) is 1.42. The number of hydrogen-bond donors (Lipinski definition) is 1. The second-order valence-corrected chi connectivity index (χ2v) is 7.06. The zero-order valence-electron chi connectivity index (χ0n) is 15.3. The summed E-state index contributed by atoms with van der Waals surface area (Å²) in [5.74, 6) is 1.01. The predicted octanol–water partition coefficient (Wildman–Crippen LogP) is 2.94. The Bertz CT molecular complexity index is 1260. The number of methoxy groups -OCH3 is 1. The van der Waals surface area contributed by atoms with Crippen molar-refractivity contribution in [2.24, 2.45) is 0 Å². The van der Waals surface area contributed by atoms with Gasteiger partial charge in [0.05, 0.1) is 29.5 Å². The molecule has 0 spiro atoms. The van der Waals surface area contributed by atoms with Gasteiger partial charge in [0.1, 0.15) is 11.6 Å². The summed E-state index contributed by atoms with van der Waals surface area (Å²) in [5, 5.41) is 0. The van der Waals surface area contributed by atoms with Gasteiger partial charge < -0.3 is 15.2 Å². The van der Waals surface area contributed by atoms with E-state index in [1.807, 2.05) is 25.1 Å². The average molecular weight is 395 g/mol. The Labute approximate surface area is 164 Å². The van der Waals surface area contributed by atoms with E-state index in [4.69, 9.17) is 15.2 Å². The normalized spacial score (nSPS) is 15.4. The number of carbonyl (C=O) groups excluding carboxylic acids is 1. The molecular weight excluding hydrogens is 378 g/mol. The third-order valence-corrected chi connectivity index (χ3v) is 5.32. The fourth-order valence-electron chi connectivity index (χ4n) is 3.02. The molecule has 0 aliphatic heterocycles. The van der Waals surface area contributed by atoms with Crippen molar-refractivity contribution in [1.29, 1.82) is 0 Å². The first-order valence-electron chi connectivity index (χ1n) is 8.59. The van der Waals surface area contributed by atoms with Crippen LogP contribution in [0.3, 0.4) is 0 Å². The second-order valence-electron chi connectivity index (χ2n) is 6.05. The van der Waals surface area contributed by atoms with Crippen molar-refractivity contribution in [3.8, 4) is 5.75 Å². The van der Waals surface area contributed by atoms with E-state index >= 15 is 0 Å². The highest BCUT2D eigenvalue weighted by molar-refractivity contribution is 7.23. The van der Waals surface area contributed by atoms with Gasteiger partial charge in [-0.15, -0.1) is 0 Å². The lowest BCUT2D eigenvalue weighted by Gasteiger charge is -2.09. The van der Waals surface area contributed by atoms with E-state index in [2.05, 4.69) is 4.98 Å². The van der Waals surface area contributed by atoms with Crippen LogP contribution >= 0.6 is 11.3 Å². The molecule has 1 aromatic carbocycles. The third-order valence-electron chi connectivity index (χ3n) is 4.32. The molecule has 1 aliphatic rings. The Kier molecular flexibility index (Phi) is 4.48. The van der Waals surface area contributed by atoms with E-state index < -0.39 is 5.56 Å². The zero-order valence-corrected chi connectivity index (χ0v) is 16.1. The molecule has 0 saturated carbocycles. The topological polar surface area (TPSA) is 95.9 Å². The summed E-state index contributed by atoms with van der Waals surface area (Å²) in [5.41, 5.74) is 7.64. The van der Waals surface area contributed by atoms with Crippen LogP contribution in [0.1, 0.15) is 12.5 Å². The van der Waals surface area contributed by atoms with Crippen molar-refractivity contribution in [3.63, 3.8) is 0 Å². The Morgan fingerprint density at radius 3 is 2.86 bits per heavy atom. The number of ether oxygens (including phenoxy) is 2. The lowest BCUT2D eigenvalue weighted by molar-refractivity contribution is -0.114. The summed E-state index contributed by atoms with van der Waals surface area (Å²) < 4.78 is 13.3. The van der Waals surface area contributed by atoms with Gasteiger partial charge in [0.25, 0.3) is 5.56 Å². The zero-order chi connectivity index (χ0) is 19.8. The minimum Gasteiger partial charge on any atom is -0.494 e. The Hall–Kier alpha value is -3.39. The minimum absolute atomic E-state index is 0.200. The molecule has 3 aromatic rings. The number of nitrogens with zero attached hydrogens (tertiary/aromatic N) is 2. The van der Waals surface area contributed by atoms with Gasteiger partial charge in [-0.1, -0.05) is 17.4 Å². The summed E-state index contributed by atoms with van der Waals surface area (Å²) in [6, 6.07) is 5.66. The van der Waals surface area contributed by atoms with Crippen molar-refractivity contribution < 1.29 is 14.3 Å². The Morgan fingerprint density at radius 1 is 1.29 bits per heavy atom. The number of nitrogens with two attached hydrogens (primary N) is 1. The van der Waals surface area contributed by atoms with Crippen molar-refractivity contribution in [2.75, 3.05) is 19.5 Å². The van der Waals surface area contributed by atoms with Gasteiger partial charge in [0.15, 0.2) is 10.7 Å². The van der Waals surface area contributed by atoms with Crippen LogP contribution in [0.4, 0.5) is 5.82 Å². The maximum atomic E-state index is 12.6. The molecule has 28 heavy (non-hydrogen) atoms. The molecule has 4 rings (SSSR count). The van der Waals surface area contributed by atoms with Gasteiger partial charge in [-0.2, -0.15) is 4.98 Å². The Balaban J connectivity index is 1.91. The van der Waals surface area contributed by atoms with Crippen LogP contribution in [0.2, 0.25) is 0 Å². The lowest BCUT2D eigenvalue weighted by atomic mass is 10.0. The van der Waals surface area contributed by atoms with Crippen LogP contribution in [0, 0.1) is 0 Å². The number of nitrogen functional groups attached to an aromatic ring is 1. The molecule has 0 fully saturated rings. The molecule has 7 nitrogen and oxygen atoms in total. The second kappa shape index (κ2) is 6.97. The van der Waals surface area contributed by atoms with Crippen molar-refractivity contribution >= 4 is 44.2 Å². The molecule has 0 unspecified atom stereocenters. The van der Waals surface area contributed by atoms with E-state index in [0.29, 0.717) is 17.1 Å². The monoisotopic (exact) mass is 395 g/mol. The quantitative estimate of drug-likeness (QED) is 0.730. The number of allylic oxidation sites excluding steroid dienone is 4. The van der Waals surface area contributed by atoms with Gasteiger partial charge in [0.2, 0.25) is 5.78 Å². The van der Waals surface area contributed by atoms with Crippen LogP contribution in [-0.4, -0.2) is 28.9 Å². The van der Waals surface area contributed by atoms with E-state index in [9.17, 15) is 9.59 Å². The largest absolute Gasteiger partial charge is 0.494 e. The maximum Gasteiger partial charge on any atom is 0.283 e. The van der Waals surface area contributed by atoms with E-state index in [1.165, 1.54) is 24.5 Å². The molecule has 0 amide bonds. The number of ketones is 1. The first-order valence-corrected chi connectivity index (χ1v) is 9.41. The number of hydrogen-bond acceptors (Lipinski definition) is 7. The number of benzene rings is 1. The predicted molar refractivity (Wildman–Crippen MR) is 110 cm³/mol. The highest BCUT2D eigenvalue weighted by Crippen LogP contribution is 2.31. The molecule has 142 valence electrons. The summed E-state index contributed by atoms with van der Waals surface area (Å²) in [6.45, 7) is 2.49. The fraction of sp³-hybridized carbons (Fsp3) is 0.150. The molecule has 0 atom stereocenters. The first-order chi connectivity index (χ1) is 13.5. The highest BCUT2D eigenvalue weighted by Gasteiger charge is 2.16. The number of aromatic nitrogens is 2. The first kappa shape index (κ1) is 18.0. The smallest absolute Gasteiger partial charge is 0.283 e. The summed E-state index contributed by atoms with van der Waals surface area (Å²) in [6.07, 6.45) is 6.17. The van der Waals surface area contributed by atoms with Gasteiger partial charge in [-0.3, -0.25) is 14.0 Å². The Morgan fingerprint density at radius 2 is 2.11 bits per heavy atom. The van der Waals surface area contributed by atoms with E-state index in [1.54, 1.807) is 22.6 Å². The number of carbonyl (C=O) groups is 1. The van der Waals surface area contributed by atoms with Gasteiger partial charge >= 0.3 is 0 Å². The molecule has 2 heterocycles. The maximum absolute atomic E-state index is 12.6. The average Bonchev–Trinajstić information content (AvgIpc) is 3.04. The SMILES string of the molecule is CCOc1ccc2c(c1)sc1nc(=O)c(/C=C3/C=CC(=O)C(OC)=C3)c(N)n12. The highest BCUT2D eigenvalue weighted by atomic mass is 32.1. The standard InChI is InChI=1S/C20H17N3O4S/c1-3-27-12-5-6-14-17(10-12)28-20-22-19(25)13(18(21)23(14)20)8-11-4-7-15(24)16(9-11)26-2/h4-10H,3,21H2,1-2H3/b11-8-. The molecule has 8 heteroatoms. The number of rotatable bonds is 4. The van der Waals surface area contributed by atoms with E-state index in [-0.39, 0.29) is 22.9 Å². The molecule has 0 bridgehead atoms. The van der Waals surface area contributed by atoms with Crippen LogP contribution in [0.15, 0.2) is 52.6 Å². The fourth-order valence-corrected chi connectivity index (χ4v) is 4.08. The molecule has 0 radical (unpaired) electrons. The van der Waals surface area contributed by atoms with Crippen molar-refractivity contribution in [2.45, 2.75) is 6.92 Å². The van der Waals surface area contributed by atoms with Gasteiger partial charge in [0, 0.05) is 0 Å². The minimum atomic E-state index is -0.431. The van der Waals surface area contributed by atoms with Crippen LogP contribution < -0.4 is 16.0 Å². The number of anilines is 1. The van der Waals surface area contributed by atoms with E-state index in [0.717, 1.165) is 16.0 Å². The molecule has 1 aliphatic carbocycles. The van der Waals surface area contributed by atoms with Gasteiger partial charge in [-0.25, -0.2) is 0 Å².